The summed E-state index contributed by atoms with van der Waals surface area (Å²) in [6.07, 6.45) is 2.51. The molecule has 5 nitrogen and oxygen atoms in total. The number of likely N-dealkylation sites (N-methyl/N-ethyl adjacent to an activating group) is 2. The van der Waals surface area contributed by atoms with Crippen molar-refractivity contribution in [2.45, 2.75) is 6.92 Å². The summed E-state index contributed by atoms with van der Waals surface area (Å²) in [5.74, 6) is -1.18. The largest absolute Gasteiger partial charge is 0.478 e. The highest BCUT2D eigenvalue weighted by Gasteiger charge is 2.15. The monoisotopic (exact) mass is 296 g/mol. The number of carboxylic acids is 1. The van der Waals surface area contributed by atoms with Crippen molar-refractivity contribution in [1.29, 1.82) is 0 Å². The third-order valence-corrected chi connectivity index (χ3v) is 3.04. The Labute approximate surface area is 122 Å². The molecule has 1 amide bonds. The maximum Gasteiger partial charge on any atom is 0.328 e. The van der Waals surface area contributed by atoms with Crippen LogP contribution in [0.2, 0.25) is 5.02 Å². The van der Waals surface area contributed by atoms with E-state index in [1.807, 2.05) is 6.92 Å². The Kier molecular flexibility index (Phi) is 6.06. The van der Waals surface area contributed by atoms with Gasteiger partial charge in [-0.1, -0.05) is 23.7 Å². The Morgan fingerprint density at radius 2 is 2.15 bits per heavy atom. The normalized spacial score (nSPS) is 10.6. The second kappa shape index (κ2) is 7.55. The molecule has 0 spiro atoms. The third-order valence-electron chi connectivity index (χ3n) is 2.73. The van der Waals surface area contributed by atoms with Crippen LogP contribution in [0.3, 0.4) is 0 Å². The van der Waals surface area contributed by atoms with Crippen LogP contribution in [-0.4, -0.2) is 37.1 Å². The van der Waals surface area contributed by atoms with Crippen LogP contribution in [0.4, 0.5) is 5.69 Å². The zero-order chi connectivity index (χ0) is 15.1. The van der Waals surface area contributed by atoms with Crippen LogP contribution in [0.5, 0.6) is 0 Å². The Bertz CT molecular complexity index is 529. The number of para-hydroxylation sites is 1. The SMILES string of the molecule is CCN(CC(=O)NC)c1c(Cl)cccc1/C=C/C(=O)O. The summed E-state index contributed by atoms with van der Waals surface area (Å²) in [5.41, 5.74) is 1.31. The third kappa shape index (κ3) is 4.28. The molecule has 1 aromatic rings. The van der Waals surface area contributed by atoms with Gasteiger partial charge in [-0.25, -0.2) is 4.79 Å². The van der Waals surface area contributed by atoms with E-state index in [2.05, 4.69) is 5.32 Å². The number of nitrogens with zero attached hydrogens (tertiary/aromatic N) is 1. The molecule has 0 aliphatic rings. The van der Waals surface area contributed by atoms with Gasteiger partial charge in [0.25, 0.3) is 0 Å². The fourth-order valence-electron chi connectivity index (χ4n) is 1.76. The molecule has 0 fully saturated rings. The minimum absolute atomic E-state index is 0.139. The van der Waals surface area contributed by atoms with E-state index in [4.69, 9.17) is 16.7 Å². The van der Waals surface area contributed by atoms with Gasteiger partial charge in [0.2, 0.25) is 5.91 Å². The first-order valence-corrected chi connectivity index (χ1v) is 6.52. The van der Waals surface area contributed by atoms with E-state index in [0.717, 1.165) is 6.08 Å². The van der Waals surface area contributed by atoms with Gasteiger partial charge in [-0.3, -0.25) is 4.79 Å². The van der Waals surface area contributed by atoms with Gasteiger partial charge in [0.05, 0.1) is 17.3 Å². The van der Waals surface area contributed by atoms with Crippen LogP contribution in [0.25, 0.3) is 6.08 Å². The van der Waals surface area contributed by atoms with E-state index in [-0.39, 0.29) is 12.5 Å². The first-order valence-electron chi connectivity index (χ1n) is 6.14. The Morgan fingerprint density at radius 3 is 2.70 bits per heavy atom. The van der Waals surface area contributed by atoms with Gasteiger partial charge in [0.15, 0.2) is 0 Å². The summed E-state index contributed by atoms with van der Waals surface area (Å²) in [7, 11) is 1.56. The molecule has 0 aliphatic carbocycles. The molecule has 108 valence electrons. The molecule has 0 bridgehead atoms. The Balaban J connectivity index is 3.18. The first-order chi connectivity index (χ1) is 9.49. The van der Waals surface area contributed by atoms with E-state index in [1.54, 1.807) is 30.1 Å². The van der Waals surface area contributed by atoms with E-state index < -0.39 is 5.97 Å². The quantitative estimate of drug-likeness (QED) is 0.788. The van der Waals surface area contributed by atoms with Gasteiger partial charge in [-0.05, 0) is 24.6 Å². The molecule has 1 aromatic carbocycles. The number of nitrogens with one attached hydrogen (secondary N) is 1. The molecular formula is C14H17ClN2O3. The summed E-state index contributed by atoms with van der Waals surface area (Å²) in [6, 6.07) is 5.20. The zero-order valence-corrected chi connectivity index (χ0v) is 12.1. The molecule has 0 saturated heterocycles. The van der Waals surface area contributed by atoms with E-state index in [9.17, 15) is 9.59 Å². The number of amides is 1. The van der Waals surface area contributed by atoms with Crippen molar-refractivity contribution in [2.24, 2.45) is 0 Å². The molecule has 1 rings (SSSR count). The number of carboxylic acid groups (broad SMARTS) is 1. The van der Waals surface area contributed by atoms with Crippen LogP contribution in [-0.2, 0) is 9.59 Å². The second-order valence-electron chi connectivity index (χ2n) is 4.04. The van der Waals surface area contributed by atoms with Crippen molar-refractivity contribution < 1.29 is 14.7 Å². The highest BCUT2D eigenvalue weighted by molar-refractivity contribution is 6.33. The summed E-state index contributed by atoms with van der Waals surface area (Å²) < 4.78 is 0. The molecule has 0 aromatic heterocycles. The van der Waals surface area contributed by atoms with Crippen molar-refractivity contribution >= 4 is 35.2 Å². The second-order valence-corrected chi connectivity index (χ2v) is 4.44. The van der Waals surface area contributed by atoms with Gasteiger partial charge < -0.3 is 15.3 Å². The van der Waals surface area contributed by atoms with Gasteiger partial charge in [-0.15, -0.1) is 0 Å². The number of benzene rings is 1. The predicted molar refractivity (Wildman–Crippen MR) is 80.1 cm³/mol. The fourth-order valence-corrected chi connectivity index (χ4v) is 2.06. The molecule has 0 aliphatic heterocycles. The first kappa shape index (κ1) is 16.0. The molecule has 2 N–H and O–H groups in total. The van der Waals surface area contributed by atoms with E-state index >= 15 is 0 Å². The van der Waals surface area contributed by atoms with Crippen LogP contribution in [0.15, 0.2) is 24.3 Å². The lowest BCUT2D eigenvalue weighted by Crippen LogP contribution is -2.36. The van der Waals surface area contributed by atoms with E-state index in [0.29, 0.717) is 22.8 Å². The van der Waals surface area contributed by atoms with Crippen molar-refractivity contribution in [3.8, 4) is 0 Å². The van der Waals surface area contributed by atoms with Crippen LogP contribution >= 0.6 is 11.6 Å². The number of carbonyl (C=O) groups excluding carboxylic acids is 1. The van der Waals surface area contributed by atoms with Gasteiger partial charge >= 0.3 is 5.97 Å². The minimum atomic E-state index is -1.04. The smallest absolute Gasteiger partial charge is 0.328 e. The van der Waals surface area contributed by atoms with Crippen molar-refractivity contribution in [3.63, 3.8) is 0 Å². The molecule has 0 atom stereocenters. The van der Waals surface area contributed by atoms with E-state index in [1.165, 1.54) is 6.08 Å². The highest BCUT2D eigenvalue weighted by atomic mass is 35.5. The zero-order valence-electron chi connectivity index (χ0n) is 11.4. The summed E-state index contributed by atoms with van der Waals surface area (Å²) in [6.45, 7) is 2.63. The Hall–Kier alpha value is -2.01. The number of anilines is 1. The van der Waals surface area contributed by atoms with Gasteiger partial charge in [-0.2, -0.15) is 0 Å². The maximum absolute atomic E-state index is 11.5. The standard InChI is InChI=1S/C14H17ClN2O3/c1-3-17(9-12(18)16-2)14-10(7-8-13(19)20)5-4-6-11(14)15/h4-8H,3,9H2,1-2H3,(H,16,18)(H,19,20)/b8-7+. The van der Waals surface area contributed by atoms with Crippen LogP contribution in [0, 0.1) is 0 Å². The van der Waals surface area contributed by atoms with Crippen molar-refractivity contribution in [2.75, 3.05) is 25.0 Å². The minimum Gasteiger partial charge on any atom is -0.478 e. The summed E-state index contributed by atoms with van der Waals surface area (Å²) in [4.78, 5) is 24.0. The lowest BCUT2D eigenvalue weighted by atomic mass is 10.1. The molecule has 20 heavy (non-hydrogen) atoms. The highest BCUT2D eigenvalue weighted by Crippen LogP contribution is 2.30. The molecule has 0 unspecified atom stereocenters. The summed E-state index contributed by atoms with van der Waals surface area (Å²) in [5, 5.41) is 11.7. The Morgan fingerprint density at radius 1 is 1.45 bits per heavy atom. The summed E-state index contributed by atoms with van der Waals surface area (Å²) >= 11 is 6.19. The number of rotatable bonds is 6. The number of hydrogen-bond donors (Lipinski definition) is 2. The number of halogens is 1. The van der Waals surface area contributed by atoms with Crippen LogP contribution in [0.1, 0.15) is 12.5 Å². The predicted octanol–water partition coefficient (Wildman–Crippen LogP) is 2.01. The molecule has 6 heteroatoms. The number of aliphatic carboxylic acids is 1. The van der Waals surface area contributed by atoms with Gasteiger partial charge in [0.1, 0.15) is 0 Å². The van der Waals surface area contributed by atoms with Crippen molar-refractivity contribution in [3.05, 3.63) is 34.9 Å². The molecular weight excluding hydrogens is 280 g/mol. The van der Waals surface area contributed by atoms with Crippen molar-refractivity contribution in [1.82, 2.24) is 5.32 Å². The number of hydrogen-bond acceptors (Lipinski definition) is 3. The van der Waals surface area contributed by atoms with Crippen LogP contribution < -0.4 is 10.2 Å². The number of carbonyl (C=O) groups is 2. The average molecular weight is 297 g/mol. The topological polar surface area (TPSA) is 69.6 Å². The molecule has 0 radical (unpaired) electrons. The fraction of sp³-hybridized carbons (Fsp3) is 0.286. The van der Waals surface area contributed by atoms with Gasteiger partial charge in [0, 0.05) is 19.7 Å². The molecule has 0 saturated carbocycles. The lowest BCUT2D eigenvalue weighted by Gasteiger charge is -2.25. The maximum atomic E-state index is 11.5. The average Bonchev–Trinajstić information content (AvgIpc) is 2.42. The lowest BCUT2D eigenvalue weighted by molar-refractivity contribution is -0.131. The molecule has 0 heterocycles.